The summed E-state index contributed by atoms with van der Waals surface area (Å²) in [6.45, 7) is 13.4. The summed E-state index contributed by atoms with van der Waals surface area (Å²) in [5.41, 5.74) is 6.70. The van der Waals surface area contributed by atoms with Crippen LogP contribution in [0, 0.1) is 6.92 Å². The highest BCUT2D eigenvalue weighted by molar-refractivity contribution is 6.04. The van der Waals surface area contributed by atoms with Crippen LogP contribution >= 0.6 is 0 Å². The molecule has 52 heavy (non-hydrogen) atoms. The first kappa shape index (κ1) is 36.2. The average Bonchev–Trinajstić information content (AvgIpc) is 3.68. The van der Waals surface area contributed by atoms with Crippen LogP contribution in [0.2, 0.25) is 0 Å². The summed E-state index contributed by atoms with van der Waals surface area (Å²) in [6, 6.07) is 12.7. The van der Waals surface area contributed by atoms with Gasteiger partial charge in [0, 0.05) is 43.4 Å². The highest BCUT2D eigenvalue weighted by atomic mass is 16.5. The minimum Gasteiger partial charge on any atom is -0.493 e. The number of nitrogens with zero attached hydrogens (tertiary/aromatic N) is 3. The average molecular weight is 708 g/mol. The van der Waals surface area contributed by atoms with E-state index in [0.717, 1.165) is 46.2 Å². The van der Waals surface area contributed by atoms with E-state index < -0.39 is 5.97 Å². The third kappa shape index (κ3) is 7.68. The Labute approximate surface area is 304 Å². The van der Waals surface area contributed by atoms with E-state index in [0.29, 0.717) is 65.7 Å². The molecule has 0 aromatic heterocycles. The molecule has 272 valence electrons. The molecule has 0 unspecified atom stereocenters. The molecule has 2 amide bonds. The Morgan fingerprint density at radius 1 is 0.865 bits per heavy atom. The van der Waals surface area contributed by atoms with Crippen LogP contribution in [0.5, 0.6) is 23.0 Å². The molecule has 0 bridgehead atoms. The molecule has 2 atom stereocenters. The van der Waals surface area contributed by atoms with Gasteiger partial charge in [-0.1, -0.05) is 43.4 Å². The minimum atomic E-state index is -0.896. The smallest absolute Gasteiger partial charge is 0.303 e. The number of carboxylic acid groups (broad SMARTS) is 1. The van der Waals surface area contributed by atoms with E-state index >= 15 is 0 Å². The number of aliphatic imine (C=N–C) groups is 1. The van der Waals surface area contributed by atoms with Gasteiger partial charge in [0.1, 0.15) is 13.2 Å². The predicted molar refractivity (Wildman–Crippen MR) is 197 cm³/mol. The Balaban J connectivity index is 1.21. The zero-order valence-corrected chi connectivity index (χ0v) is 30.2. The Bertz CT molecular complexity index is 1970. The molecule has 0 saturated carbocycles. The van der Waals surface area contributed by atoms with E-state index in [-0.39, 0.29) is 43.5 Å². The Morgan fingerprint density at radius 2 is 1.50 bits per heavy atom. The number of carboxylic acids is 1. The molecule has 2 saturated heterocycles. The number of hydrogen-bond donors (Lipinski definition) is 1. The van der Waals surface area contributed by atoms with E-state index in [1.54, 1.807) is 36.4 Å². The van der Waals surface area contributed by atoms with Gasteiger partial charge in [-0.05, 0) is 79.1 Å². The van der Waals surface area contributed by atoms with Gasteiger partial charge in [0.15, 0.2) is 23.0 Å². The summed E-state index contributed by atoms with van der Waals surface area (Å²) in [5, 5.41) is 9.38. The molecular formula is C41H45N3O8. The van der Waals surface area contributed by atoms with Gasteiger partial charge in [-0.15, -0.1) is 0 Å². The Hall–Kier alpha value is -5.58. The summed E-state index contributed by atoms with van der Waals surface area (Å²) in [7, 11) is 3.06. The number of carbonyl (C=O) groups excluding carboxylic acids is 2. The van der Waals surface area contributed by atoms with Crippen LogP contribution in [-0.2, 0) is 24.4 Å². The monoisotopic (exact) mass is 707 g/mol. The summed E-state index contributed by atoms with van der Waals surface area (Å²) in [5.74, 6) is 0.656. The molecular weight excluding hydrogens is 662 g/mol. The van der Waals surface area contributed by atoms with Gasteiger partial charge in [-0.3, -0.25) is 19.4 Å². The number of ether oxygens (including phenoxy) is 4. The van der Waals surface area contributed by atoms with Gasteiger partial charge in [-0.2, -0.15) is 0 Å². The van der Waals surface area contributed by atoms with Crippen molar-refractivity contribution in [1.82, 2.24) is 9.80 Å². The number of hydrogen-bond acceptors (Lipinski definition) is 8. The molecule has 3 aromatic carbocycles. The molecule has 3 aliphatic rings. The first-order valence-corrected chi connectivity index (χ1v) is 17.5. The quantitative estimate of drug-likeness (QED) is 0.191. The minimum absolute atomic E-state index is 0.0353. The van der Waals surface area contributed by atoms with Gasteiger partial charge in [0.2, 0.25) is 0 Å². The second kappa shape index (κ2) is 15.3. The molecule has 3 aliphatic heterocycles. The molecule has 3 aromatic rings. The number of aryl methyl sites for hydroxylation is 2. The number of likely N-dealkylation sites (tertiary alicyclic amines) is 1. The summed E-state index contributed by atoms with van der Waals surface area (Å²) in [4.78, 5) is 46.7. The van der Waals surface area contributed by atoms with Crippen molar-refractivity contribution in [3.63, 3.8) is 0 Å². The largest absolute Gasteiger partial charge is 0.493 e. The van der Waals surface area contributed by atoms with Crippen LogP contribution < -0.4 is 18.9 Å². The third-order valence-corrected chi connectivity index (χ3v) is 9.81. The fourth-order valence-electron chi connectivity index (χ4n) is 7.13. The first-order valence-electron chi connectivity index (χ1n) is 17.5. The van der Waals surface area contributed by atoms with Gasteiger partial charge >= 0.3 is 5.97 Å². The molecule has 0 spiro atoms. The number of rotatable bonds is 13. The summed E-state index contributed by atoms with van der Waals surface area (Å²) >= 11 is 0. The maximum atomic E-state index is 13.6. The molecule has 11 nitrogen and oxygen atoms in total. The normalized spacial score (nSPS) is 17.9. The van der Waals surface area contributed by atoms with Gasteiger partial charge in [0.05, 0.1) is 31.5 Å². The molecule has 11 heteroatoms. The van der Waals surface area contributed by atoms with Crippen LogP contribution in [0.3, 0.4) is 0 Å². The lowest BCUT2D eigenvalue weighted by Gasteiger charge is -2.24. The number of amides is 2. The highest BCUT2D eigenvalue weighted by Crippen LogP contribution is 2.39. The zero-order chi connectivity index (χ0) is 37.1. The van der Waals surface area contributed by atoms with Gasteiger partial charge in [0.25, 0.3) is 11.8 Å². The summed E-state index contributed by atoms with van der Waals surface area (Å²) in [6.07, 6.45) is 4.41. The topological polar surface area (TPSA) is 127 Å². The maximum Gasteiger partial charge on any atom is 0.303 e. The zero-order valence-electron chi connectivity index (χ0n) is 30.2. The van der Waals surface area contributed by atoms with E-state index in [1.807, 2.05) is 36.1 Å². The van der Waals surface area contributed by atoms with E-state index in [1.165, 1.54) is 7.11 Å². The van der Waals surface area contributed by atoms with Crippen LogP contribution in [0.25, 0.3) is 0 Å². The molecule has 3 heterocycles. The van der Waals surface area contributed by atoms with Crippen molar-refractivity contribution in [3.8, 4) is 23.0 Å². The number of fused-ring (bicyclic) bond motifs is 2. The van der Waals surface area contributed by atoms with Crippen molar-refractivity contribution in [3.05, 3.63) is 100 Å². The van der Waals surface area contributed by atoms with Crippen molar-refractivity contribution in [2.45, 2.75) is 71.2 Å². The predicted octanol–water partition coefficient (Wildman–Crippen LogP) is 6.85. The number of carbonyl (C=O) groups is 3. The van der Waals surface area contributed by atoms with Crippen LogP contribution in [0.1, 0.15) is 75.6 Å². The van der Waals surface area contributed by atoms with Crippen molar-refractivity contribution < 1.29 is 38.4 Å². The molecule has 2 fully saturated rings. The van der Waals surface area contributed by atoms with Crippen LogP contribution in [0.4, 0.5) is 5.69 Å². The van der Waals surface area contributed by atoms with Crippen molar-refractivity contribution in [1.29, 1.82) is 0 Å². The van der Waals surface area contributed by atoms with Crippen molar-refractivity contribution in [2.24, 2.45) is 4.99 Å². The van der Waals surface area contributed by atoms with Crippen molar-refractivity contribution in [2.75, 3.05) is 27.3 Å². The van der Waals surface area contributed by atoms with Gasteiger partial charge < -0.3 is 33.9 Å². The SMILES string of the molecule is C=C1C[C@@H](CC)N(C(=O)c2cc(OC)c(OCc3cc(CCC(=O)O)cc(COc4cc5c(cc4OC)C(=O)N4CC(=C)C[C@H]4C=N5)c3)cc2C)C1. The van der Waals surface area contributed by atoms with Crippen LogP contribution in [-0.4, -0.2) is 78.3 Å². The highest BCUT2D eigenvalue weighted by Gasteiger charge is 2.34. The van der Waals surface area contributed by atoms with Crippen LogP contribution in [0.15, 0.2) is 71.8 Å². The van der Waals surface area contributed by atoms with Gasteiger partial charge in [-0.25, -0.2) is 0 Å². The summed E-state index contributed by atoms with van der Waals surface area (Å²) < 4.78 is 23.8. The molecule has 0 radical (unpaired) electrons. The molecule has 6 rings (SSSR count). The fourth-order valence-corrected chi connectivity index (χ4v) is 7.13. The second-order valence-corrected chi connectivity index (χ2v) is 13.6. The number of aliphatic carboxylic acids is 1. The van der Waals surface area contributed by atoms with E-state index in [9.17, 15) is 19.5 Å². The lowest BCUT2D eigenvalue weighted by Crippen LogP contribution is -2.35. The lowest BCUT2D eigenvalue weighted by atomic mass is 10.0. The molecule has 1 N–H and O–H groups in total. The third-order valence-electron chi connectivity index (χ3n) is 9.81. The number of benzene rings is 3. The first-order chi connectivity index (χ1) is 25.0. The Morgan fingerprint density at radius 3 is 2.15 bits per heavy atom. The van der Waals surface area contributed by atoms with Crippen molar-refractivity contribution >= 4 is 29.7 Å². The maximum absolute atomic E-state index is 13.6. The Kier molecular flexibility index (Phi) is 10.7. The number of methoxy groups -OCH3 is 2. The molecule has 0 aliphatic carbocycles. The van der Waals surface area contributed by atoms with E-state index in [4.69, 9.17) is 18.9 Å². The second-order valence-electron chi connectivity index (χ2n) is 13.6. The fraction of sp³-hybridized carbons (Fsp3) is 0.366. The standard InChI is InChI=1S/C41H45N3O8/c1-7-30-10-24(2)20-43(30)40(47)32-16-35(49-5)37(12-26(32)4)51-22-28-13-27(8-9-39(45)46)14-29(15-28)23-52-38-18-34-33(17-36(38)50-6)41(48)44-21-25(3)11-31(44)19-42-34/h12-19,30-31H,2-3,7-11,20-23H2,1,4-6H3,(H,45,46)/t30-,31+/m1/s1. The van der Waals surface area contributed by atoms with E-state index in [2.05, 4.69) is 25.1 Å². The lowest BCUT2D eigenvalue weighted by molar-refractivity contribution is -0.136.